The van der Waals surface area contributed by atoms with Gasteiger partial charge in [0.1, 0.15) is 10.0 Å². The monoisotopic (exact) mass is 263 g/mol. The Kier molecular flexibility index (Phi) is 3.11. The van der Waals surface area contributed by atoms with Crippen LogP contribution < -0.4 is 0 Å². The molecule has 0 spiro atoms. The fourth-order valence-corrected chi connectivity index (χ4v) is 3.81. The molecule has 2 aromatic rings. The highest BCUT2D eigenvalue weighted by molar-refractivity contribution is 8.38. The highest BCUT2D eigenvalue weighted by Gasteiger charge is 2.14. The van der Waals surface area contributed by atoms with Gasteiger partial charge in [-0.3, -0.25) is 4.99 Å². The van der Waals surface area contributed by atoms with Crippen molar-refractivity contribution in [3.8, 4) is 0 Å². The molecule has 0 saturated heterocycles. The SMILES string of the molecule is CC1CSC(SCc2cn3ccccc3n2)=N1. The molecule has 0 radical (unpaired) electrons. The number of rotatable bonds is 2. The molecule has 0 N–H and O–H groups in total. The van der Waals surface area contributed by atoms with E-state index in [1.165, 1.54) is 4.38 Å². The fraction of sp³-hybridized carbons (Fsp3) is 0.333. The van der Waals surface area contributed by atoms with E-state index in [1.807, 2.05) is 36.2 Å². The molecule has 3 rings (SSSR count). The van der Waals surface area contributed by atoms with Gasteiger partial charge in [0.25, 0.3) is 0 Å². The zero-order chi connectivity index (χ0) is 11.7. The van der Waals surface area contributed by atoms with Crippen molar-refractivity contribution in [3.05, 3.63) is 36.3 Å². The number of hydrogen-bond acceptors (Lipinski definition) is 4. The Balaban J connectivity index is 1.71. The van der Waals surface area contributed by atoms with Gasteiger partial charge in [-0.15, -0.1) is 0 Å². The van der Waals surface area contributed by atoms with Gasteiger partial charge in [0.2, 0.25) is 0 Å². The van der Waals surface area contributed by atoms with E-state index in [-0.39, 0.29) is 0 Å². The number of hydrogen-bond donors (Lipinski definition) is 0. The molecule has 0 saturated carbocycles. The predicted octanol–water partition coefficient (Wildman–Crippen LogP) is 3.06. The lowest BCUT2D eigenvalue weighted by Crippen LogP contribution is -1.92. The number of aromatic nitrogens is 2. The topological polar surface area (TPSA) is 29.7 Å². The second-order valence-corrected chi connectivity index (χ2v) is 6.27. The van der Waals surface area contributed by atoms with Gasteiger partial charge < -0.3 is 4.40 Å². The molecule has 0 bridgehead atoms. The summed E-state index contributed by atoms with van der Waals surface area (Å²) >= 11 is 3.65. The van der Waals surface area contributed by atoms with Crippen LogP contribution in [0.3, 0.4) is 0 Å². The normalized spacial score (nSPS) is 19.8. The molecule has 3 nitrogen and oxygen atoms in total. The van der Waals surface area contributed by atoms with Crippen LogP contribution in [-0.4, -0.2) is 25.6 Å². The first-order valence-electron chi connectivity index (χ1n) is 5.57. The van der Waals surface area contributed by atoms with E-state index < -0.39 is 0 Å². The van der Waals surface area contributed by atoms with Crippen LogP contribution in [0, 0.1) is 0 Å². The minimum atomic E-state index is 0.476. The zero-order valence-electron chi connectivity index (χ0n) is 9.54. The maximum absolute atomic E-state index is 4.57. The van der Waals surface area contributed by atoms with Crippen LogP contribution >= 0.6 is 23.5 Å². The first kappa shape index (κ1) is 11.2. The number of imidazole rings is 1. The Morgan fingerprint density at radius 1 is 1.53 bits per heavy atom. The van der Waals surface area contributed by atoms with Crippen LogP contribution in [0.2, 0.25) is 0 Å². The maximum atomic E-state index is 4.57. The minimum Gasteiger partial charge on any atom is -0.307 e. The van der Waals surface area contributed by atoms with Crippen molar-refractivity contribution in [1.29, 1.82) is 0 Å². The molecule has 1 unspecified atom stereocenters. The summed E-state index contributed by atoms with van der Waals surface area (Å²) in [5.74, 6) is 2.02. The molecule has 1 aliphatic heterocycles. The second-order valence-electron chi connectivity index (χ2n) is 4.04. The molecule has 0 aromatic carbocycles. The highest BCUT2D eigenvalue weighted by atomic mass is 32.2. The molecule has 1 aliphatic rings. The molecule has 5 heteroatoms. The Morgan fingerprint density at radius 2 is 2.47 bits per heavy atom. The van der Waals surface area contributed by atoms with E-state index in [2.05, 4.69) is 27.5 Å². The summed E-state index contributed by atoms with van der Waals surface area (Å²) < 4.78 is 3.26. The van der Waals surface area contributed by atoms with Crippen molar-refractivity contribution >= 4 is 33.5 Å². The third kappa shape index (κ3) is 2.50. The van der Waals surface area contributed by atoms with Gasteiger partial charge in [0, 0.05) is 23.9 Å². The van der Waals surface area contributed by atoms with Gasteiger partial charge >= 0.3 is 0 Å². The molecule has 88 valence electrons. The van der Waals surface area contributed by atoms with E-state index >= 15 is 0 Å². The standard InChI is InChI=1S/C12H13N3S2/c1-9-7-16-12(13-9)17-8-10-6-15-5-3-2-4-11(15)14-10/h2-6,9H,7-8H2,1H3. The first-order valence-corrected chi connectivity index (χ1v) is 7.54. The Bertz CT molecular complexity index is 529. The molecule has 0 fully saturated rings. The van der Waals surface area contributed by atoms with Crippen LogP contribution in [0.4, 0.5) is 0 Å². The fourth-order valence-electron chi connectivity index (χ4n) is 1.72. The van der Waals surface area contributed by atoms with E-state index in [4.69, 9.17) is 0 Å². The molecule has 3 heterocycles. The van der Waals surface area contributed by atoms with Crippen molar-refractivity contribution in [2.24, 2.45) is 4.99 Å². The summed E-state index contributed by atoms with van der Waals surface area (Å²) in [6.07, 6.45) is 4.12. The summed E-state index contributed by atoms with van der Waals surface area (Å²) in [6, 6.07) is 6.53. The van der Waals surface area contributed by atoms with Gasteiger partial charge in [-0.1, -0.05) is 29.6 Å². The van der Waals surface area contributed by atoms with Gasteiger partial charge in [-0.2, -0.15) is 0 Å². The van der Waals surface area contributed by atoms with Crippen molar-refractivity contribution < 1.29 is 0 Å². The van der Waals surface area contributed by atoms with E-state index in [0.717, 1.165) is 22.8 Å². The Morgan fingerprint density at radius 3 is 3.24 bits per heavy atom. The van der Waals surface area contributed by atoms with Crippen LogP contribution in [0.15, 0.2) is 35.6 Å². The zero-order valence-corrected chi connectivity index (χ0v) is 11.2. The van der Waals surface area contributed by atoms with Crippen LogP contribution in [0.5, 0.6) is 0 Å². The number of aliphatic imine (C=N–C) groups is 1. The van der Waals surface area contributed by atoms with Crippen molar-refractivity contribution in [2.45, 2.75) is 18.7 Å². The molecule has 1 atom stereocenters. The number of fused-ring (bicyclic) bond motifs is 1. The van der Waals surface area contributed by atoms with Gasteiger partial charge in [0.05, 0.1) is 11.7 Å². The van der Waals surface area contributed by atoms with Crippen LogP contribution in [0.25, 0.3) is 5.65 Å². The van der Waals surface area contributed by atoms with Crippen LogP contribution in [-0.2, 0) is 5.75 Å². The van der Waals surface area contributed by atoms with E-state index in [1.54, 1.807) is 11.8 Å². The Labute approximate surface area is 109 Å². The molecule has 2 aromatic heterocycles. The average Bonchev–Trinajstić information content (AvgIpc) is 2.91. The molecule has 0 aliphatic carbocycles. The summed E-state index contributed by atoms with van der Waals surface area (Å²) in [5.41, 5.74) is 2.13. The highest BCUT2D eigenvalue weighted by Crippen LogP contribution is 2.27. The number of nitrogens with zero attached hydrogens (tertiary/aromatic N) is 3. The summed E-state index contributed by atoms with van der Waals surface area (Å²) in [7, 11) is 0. The molecule has 0 amide bonds. The average molecular weight is 263 g/mol. The number of pyridine rings is 1. The van der Waals surface area contributed by atoms with Gasteiger partial charge in [-0.25, -0.2) is 4.98 Å². The largest absolute Gasteiger partial charge is 0.307 e. The third-order valence-electron chi connectivity index (χ3n) is 2.53. The molecular weight excluding hydrogens is 250 g/mol. The van der Waals surface area contributed by atoms with E-state index in [9.17, 15) is 0 Å². The minimum absolute atomic E-state index is 0.476. The number of thioether (sulfide) groups is 2. The smallest absolute Gasteiger partial charge is 0.137 e. The molecular formula is C12H13N3S2. The van der Waals surface area contributed by atoms with Gasteiger partial charge in [0.15, 0.2) is 0 Å². The van der Waals surface area contributed by atoms with E-state index in [0.29, 0.717) is 6.04 Å². The lowest BCUT2D eigenvalue weighted by atomic mass is 10.4. The summed E-state index contributed by atoms with van der Waals surface area (Å²) in [6.45, 7) is 2.16. The lowest BCUT2D eigenvalue weighted by molar-refractivity contribution is 0.867. The van der Waals surface area contributed by atoms with Crippen molar-refractivity contribution in [1.82, 2.24) is 9.38 Å². The predicted molar refractivity (Wildman–Crippen MR) is 75.8 cm³/mol. The summed E-state index contributed by atoms with van der Waals surface area (Å²) in [5, 5.41) is 0. The Hall–Kier alpha value is -0.940. The lowest BCUT2D eigenvalue weighted by Gasteiger charge is -1.95. The van der Waals surface area contributed by atoms with Crippen LogP contribution in [0.1, 0.15) is 12.6 Å². The quantitative estimate of drug-likeness (QED) is 0.834. The third-order valence-corrected chi connectivity index (χ3v) is 5.03. The maximum Gasteiger partial charge on any atom is 0.137 e. The van der Waals surface area contributed by atoms with Crippen molar-refractivity contribution in [3.63, 3.8) is 0 Å². The van der Waals surface area contributed by atoms with Crippen molar-refractivity contribution in [2.75, 3.05) is 5.75 Å². The first-order chi connectivity index (χ1) is 8.31. The van der Waals surface area contributed by atoms with Gasteiger partial charge in [-0.05, 0) is 19.1 Å². The summed E-state index contributed by atoms with van der Waals surface area (Å²) in [4.78, 5) is 9.14. The second kappa shape index (κ2) is 4.74. The molecule has 17 heavy (non-hydrogen) atoms.